The Hall–Kier alpha value is -2.93. The summed E-state index contributed by atoms with van der Waals surface area (Å²) in [4.78, 5) is 4.24. The first-order valence-corrected chi connectivity index (χ1v) is 9.67. The van der Waals surface area contributed by atoms with Gasteiger partial charge >= 0.3 is 0 Å². The zero-order valence-corrected chi connectivity index (χ0v) is 17.6. The van der Waals surface area contributed by atoms with E-state index in [0.29, 0.717) is 44.6 Å². The number of phenolic OH excluding ortho intramolecular Hbond substituents is 1. The summed E-state index contributed by atoms with van der Waals surface area (Å²) in [7, 11) is 3.30. The Morgan fingerprint density at radius 2 is 1.79 bits per heavy atom. The van der Waals surface area contributed by atoms with Gasteiger partial charge in [0.25, 0.3) is 0 Å². The number of hydrogen-bond donors (Lipinski definition) is 3. The number of nitrogens with one attached hydrogen (secondary N) is 2. The van der Waals surface area contributed by atoms with Gasteiger partial charge in [-0.1, -0.05) is 12.1 Å². The maximum absolute atomic E-state index is 10.0. The quantitative estimate of drug-likeness (QED) is 0.322. The van der Waals surface area contributed by atoms with Crippen molar-refractivity contribution < 1.29 is 19.3 Å². The van der Waals surface area contributed by atoms with Crippen LogP contribution in [-0.4, -0.2) is 45.0 Å². The molecule has 0 radical (unpaired) electrons. The molecule has 7 nitrogen and oxygen atoms in total. The Kier molecular flexibility index (Phi) is 9.11. The van der Waals surface area contributed by atoms with Crippen molar-refractivity contribution in [3.05, 3.63) is 53.1 Å². The first kappa shape index (κ1) is 22.4. The molecule has 0 bridgehead atoms. The van der Waals surface area contributed by atoms with Crippen LogP contribution in [0.1, 0.15) is 23.6 Å². The van der Waals surface area contributed by atoms with Gasteiger partial charge in [0.2, 0.25) is 0 Å². The van der Waals surface area contributed by atoms with Crippen LogP contribution in [0.3, 0.4) is 0 Å². The number of methoxy groups -OCH3 is 1. The minimum Gasteiger partial charge on any atom is -0.508 e. The molecule has 3 N–H and O–H groups in total. The van der Waals surface area contributed by atoms with E-state index in [4.69, 9.17) is 14.2 Å². The Bertz CT molecular complexity index is 809. The maximum atomic E-state index is 10.0. The highest BCUT2D eigenvalue weighted by molar-refractivity contribution is 5.79. The van der Waals surface area contributed by atoms with Gasteiger partial charge in [0, 0.05) is 37.9 Å². The van der Waals surface area contributed by atoms with Crippen LogP contribution in [0.15, 0.2) is 41.4 Å². The smallest absolute Gasteiger partial charge is 0.191 e. The van der Waals surface area contributed by atoms with Gasteiger partial charge in [0.1, 0.15) is 23.9 Å². The van der Waals surface area contributed by atoms with Gasteiger partial charge in [-0.2, -0.15) is 0 Å². The van der Waals surface area contributed by atoms with E-state index in [1.165, 1.54) is 0 Å². The number of ether oxygens (including phenoxy) is 3. The third kappa shape index (κ3) is 7.19. The summed E-state index contributed by atoms with van der Waals surface area (Å²) in [5, 5.41) is 16.5. The Labute approximate surface area is 172 Å². The highest BCUT2D eigenvalue weighted by atomic mass is 16.5. The number of hydrogen-bond acceptors (Lipinski definition) is 5. The van der Waals surface area contributed by atoms with E-state index in [2.05, 4.69) is 21.7 Å². The molecule has 2 rings (SSSR count). The fourth-order valence-corrected chi connectivity index (χ4v) is 2.71. The van der Waals surface area contributed by atoms with Crippen molar-refractivity contribution in [3.8, 4) is 17.2 Å². The van der Waals surface area contributed by atoms with Crippen molar-refractivity contribution in [2.24, 2.45) is 4.99 Å². The zero-order chi connectivity index (χ0) is 21.1. The Morgan fingerprint density at radius 1 is 1.03 bits per heavy atom. The van der Waals surface area contributed by atoms with E-state index >= 15 is 0 Å². The Balaban J connectivity index is 1.95. The lowest BCUT2D eigenvalue weighted by atomic mass is 10.1. The number of aromatic hydroxyl groups is 1. The molecule has 0 fully saturated rings. The molecule has 0 atom stereocenters. The van der Waals surface area contributed by atoms with Crippen LogP contribution >= 0.6 is 0 Å². The molecule has 0 spiro atoms. The molecule has 0 aliphatic rings. The molecule has 0 amide bonds. The van der Waals surface area contributed by atoms with Crippen LogP contribution in [-0.2, 0) is 17.8 Å². The van der Waals surface area contributed by atoms with Crippen molar-refractivity contribution in [1.82, 2.24) is 10.6 Å². The number of rotatable bonds is 10. The number of nitrogens with zero attached hydrogens (tertiary/aromatic N) is 1. The molecule has 0 aromatic heterocycles. The second kappa shape index (κ2) is 11.8. The first-order chi connectivity index (χ1) is 14.1. The van der Waals surface area contributed by atoms with Crippen molar-refractivity contribution >= 4 is 5.96 Å². The van der Waals surface area contributed by atoms with E-state index in [1.807, 2.05) is 26.0 Å². The van der Waals surface area contributed by atoms with Crippen molar-refractivity contribution in [2.45, 2.75) is 26.9 Å². The van der Waals surface area contributed by atoms with Crippen molar-refractivity contribution in [2.75, 3.05) is 34.0 Å². The molecule has 158 valence electrons. The topological polar surface area (TPSA) is 84.3 Å². The average molecular weight is 402 g/mol. The number of phenols is 1. The predicted molar refractivity (Wildman–Crippen MR) is 115 cm³/mol. The maximum Gasteiger partial charge on any atom is 0.191 e. The summed E-state index contributed by atoms with van der Waals surface area (Å²) in [6, 6.07) is 11.2. The Morgan fingerprint density at radius 3 is 2.48 bits per heavy atom. The highest BCUT2D eigenvalue weighted by Crippen LogP contribution is 2.23. The lowest BCUT2D eigenvalue weighted by Crippen LogP contribution is -2.36. The van der Waals surface area contributed by atoms with E-state index in [1.54, 1.807) is 32.4 Å². The highest BCUT2D eigenvalue weighted by Gasteiger charge is 2.08. The van der Waals surface area contributed by atoms with Gasteiger partial charge in [0.05, 0.1) is 13.7 Å². The zero-order valence-electron chi connectivity index (χ0n) is 17.6. The predicted octanol–water partition coefficient (Wildman–Crippen LogP) is 2.99. The van der Waals surface area contributed by atoms with Gasteiger partial charge in [-0.15, -0.1) is 0 Å². The molecule has 0 saturated carbocycles. The van der Waals surface area contributed by atoms with E-state index < -0.39 is 0 Å². The molecular weight excluding hydrogens is 370 g/mol. The third-order valence-corrected chi connectivity index (χ3v) is 4.31. The molecular formula is C22H31N3O4. The van der Waals surface area contributed by atoms with Crippen LogP contribution in [0, 0.1) is 6.92 Å². The summed E-state index contributed by atoms with van der Waals surface area (Å²) >= 11 is 0. The minimum atomic E-state index is 0.206. The number of aryl methyl sites for hydroxylation is 1. The van der Waals surface area contributed by atoms with Crippen LogP contribution in [0.4, 0.5) is 0 Å². The lowest BCUT2D eigenvalue weighted by molar-refractivity contribution is 0.110. The largest absolute Gasteiger partial charge is 0.508 e. The molecule has 2 aromatic carbocycles. The van der Waals surface area contributed by atoms with Crippen LogP contribution in [0.5, 0.6) is 17.2 Å². The summed E-state index contributed by atoms with van der Waals surface area (Å²) < 4.78 is 16.4. The van der Waals surface area contributed by atoms with Crippen LogP contribution < -0.4 is 20.1 Å². The fourth-order valence-electron chi connectivity index (χ4n) is 2.71. The summed E-state index contributed by atoms with van der Waals surface area (Å²) in [5.74, 6) is 2.35. The molecule has 2 aromatic rings. The fraction of sp³-hybridized carbons (Fsp3) is 0.409. The van der Waals surface area contributed by atoms with Crippen LogP contribution in [0.2, 0.25) is 0 Å². The molecule has 29 heavy (non-hydrogen) atoms. The van der Waals surface area contributed by atoms with E-state index in [9.17, 15) is 5.11 Å². The van der Waals surface area contributed by atoms with E-state index in [-0.39, 0.29) is 5.75 Å². The number of aliphatic imine (C=N–C) groups is 1. The number of benzene rings is 2. The summed E-state index contributed by atoms with van der Waals surface area (Å²) in [6.07, 6.45) is 0. The van der Waals surface area contributed by atoms with Gasteiger partial charge in [-0.3, -0.25) is 4.99 Å². The third-order valence-electron chi connectivity index (χ3n) is 4.31. The summed E-state index contributed by atoms with van der Waals surface area (Å²) in [5.41, 5.74) is 2.89. The average Bonchev–Trinajstić information content (AvgIpc) is 2.73. The minimum absolute atomic E-state index is 0.206. The standard InChI is InChI=1S/C22H31N3O4/c1-5-28-10-11-29-21-12-16(2)6-7-17(21)14-24-22(23-3)25-15-18-13-19(27-4)8-9-20(18)26/h6-9,12-13,26H,5,10-11,14-15H2,1-4H3,(H2,23,24,25). The van der Waals surface area contributed by atoms with Crippen molar-refractivity contribution in [1.29, 1.82) is 0 Å². The van der Waals surface area contributed by atoms with Gasteiger partial charge in [-0.05, 0) is 43.7 Å². The van der Waals surface area contributed by atoms with Gasteiger partial charge < -0.3 is 30.0 Å². The molecule has 0 heterocycles. The second-order valence-corrected chi connectivity index (χ2v) is 6.43. The molecule has 0 aliphatic carbocycles. The molecule has 0 unspecified atom stereocenters. The summed E-state index contributed by atoms with van der Waals surface area (Å²) in [6.45, 7) is 6.70. The first-order valence-electron chi connectivity index (χ1n) is 9.67. The monoisotopic (exact) mass is 401 g/mol. The number of guanidine groups is 1. The molecule has 0 saturated heterocycles. The SMILES string of the molecule is CCOCCOc1cc(C)ccc1CNC(=NC)NCc1cc(OC)ccc1O. The van der Waals surface area contributed by atoms with Gasteiger partial charge in [0.15, 0.2) is 5.96 Å². The normalized spacial score (nSPS) is 11.2. The lowest BCUT2D eigenvalue weighted by Gasteiger charge is -2.16. The van der Waals surface area contributed by atoms with Crippen LogP contribution in [0.25, 0.3) is 0 Å². The molecule has 7 heteroatoms. The second-order valence-electron chi connectivity index (χ2n) is 6.43. The van der Waals surface area contributed by atoms with E-state index in [0.717, 1.165) is 22.4 Å². The van der Waals surface area contributed by atoms with Gasteiger partial charge in [-0.25, -0.2) is 0 Å². The van der Waals surface area contributed by atoms with Crippen molar-refractivity contribution in [3.63, 3.8) is 0 Å². The molecule has 0 aliphatic heterocycles.